The van der Waals surface area contributed by atoms with E-state index in [9.17, 15) is 4.57 Å². The van der Waals surface area contributed by atoms with Gasteiger partial charge in [-0.3, -0.25) is 0 Å². The van der Waals surface area contributed by atoms with Crippen LogP contribution in [0.2, 0.25) is 0 Å². The predicted molar refractivity (Wildman–Crippen MR) is 54.5 cm³/mol. The topological polar surface area (TPSA) is 29.1 Å². The van der Waals surface area contributed by atoms with Gasteiger partial charge < -0.3 is 9.88 Å². The maximum atomic E-state index is 11.4. The zero-order valence-corrected chi connectivity index (χ0v) is 9.07. The Morgan fingerprint density at radius 3 is 2.42 bits per heavy atom. The Kier molecular flexibility index (Phi) is 3.79. The zero-order valence-electron chi connectivity index (χ0n) is 8.18. The first-order valence-electron chi connectivity index (χ1n) is 4.83. The van der Waals surface area contributed by atoms with Gasteiger partial charge in [0.15, 0.2) is 0 Å². The van der Waals surface area contributed by atoms with Crippen molar-refractivity contribution in [2.24, 2.45) is 5.92 Å². The third-order valence-corrected chi connectivity index (χ3v) is 3.87. The molecular formula is C9H20NOP. The molecule has 0 spiro atoms. The summed E-state index contributed by atoms with van der Waals surface area (Å²) in [7, 11) is -1.75. The molecule has 0 atom stereocenters. The molecule has 2 nitrogen and oxygen atoms in total. The highest BCUT2D eigenvalue weighted by Crippen LogP contribution is 2.38. The van der Waals surface area contributed by atoms with Crippen LogP contribution in [0.4, 0.5) is 0 Å². The minimum absolute atomic E-state index is 0.833. The first kappa shape index (κ1) is 10.3. The summed E-state index contributed by atoms with van der Waals surface area (Å²) in [6.07, 6.45) is 4.67. The highest BCUT2D eigenvalue weighted by atomic mass is 31.2. The molecule has 0 bridgehead atoms. The van der Waals surface area contributed by atoms with Crippen molar-refractivity contribution in [1.82, 2.24) is 5.32 Å². The fraction of sp³-hybridized carbons (Fsp3) is 1.00. The van der Waals surface area contributed by atoms with E-state index >= 15 is 0 Å². The van der Waals surface area contributed by atoms with Gasteiger partial charge in [-0.25, -0.2) is 0 Å². The van der Waals surface area contributed by atoms with E-state index in [4.69, 9.17) is 0 Å². The molecule has 0 unspecified atom stereocenters. The predicted octanol–water partition coefficient (Wildman–Crippen LogP) is 2.00. The monoisotopic (exact) mass is 189 g/mol. The molecule has 1 aliphatic rings. The lowest BCUT2D eigenvalue weighted by atomic mass is 9.96. The number of rotatable bonds is 3. The largest absolute Gasteiger partial charge is 0.324 e. The van der Waals surface area contributed by atoms with Crippen molar-refractivity contribution in [3.63, 3.8) is 0 Å². The van der Waals surface area contributed by atoms with Crippen LogP contribution in [-0.2, 0) is 4.57 Å². The summed E-state index contributed by atoms with van der Waals surface area (Å²) in [6, 6.07) is 0. The fourth-order valence-electron chi connectivity index (χ4n) is 1.66. The van der Waals surface area contributed by atoms with Crippen molar-refractivity contribution < 1.29 is 4.57 Å². The Bertz CT molecular complexity index is 169. The van der Waals surface area contributed by atoms with Crippen LogP contribution in [-0.4, -0.2) is 32.6 Å². The summed E-state index contributed by atoms with van der Waals surface area (Å²) >= 11 is 0. The SMILES string of the molecule is CP(C)(=O)CCC1CCNCC1. The molecule has 3 heteroatoms. The standard InChI is InChI=1S/C9H20NOP/c1-12(2,11)8-5-9-3-6-10-7-4-9/h9-10H,3-8H2,1-2H3. The van der Waals surface area contributed by atoms with E-state index in [-0.39, 0.29) is 0 Å². The summed E-state index contributed by atoms with van der Waals surface area (Å²) in [6.45, 7) is 6.10. The van der Waals surface area contributed by atoms with Gasteiger partial charge in [0.2, 0.25) is 0 Å². The third kappa shape index (κ3) is 4.27. The molecule has 12 heavy (non-hydrogen) atoms. The Morgan fingerprint density at radius 1 is 1.33 bits per heavy atom. The highest BCUT2D eigenvalue weighted by Gasteiger charge is 2.15. The molecule has 1 saturated heterocycles. The van der Waals surface area contributed by atoms with Crippen molar-refractivity contribution >= 4 is 7.14 Å². The van der Waals surface area contributed by atoms with Crippen LogP contribution in [0.5, 0.6) is 0 Å². The van der Waals surface area contributed by atoms with E-state index in [0.717, 1.165) is 25.2 Å². The van der Waals surface area contributed by atoms with Crippen molar-refractivity contribution in [3.05, 3.63) is 0 Å². The Labute approximate surface area is 75.5 Å². The van der Waals surface area contributed by atoms with Crippen LogP contribution < -0.4 is 5.32 Å². The van der Waals surface area contributed by atoms with Gasteiger partial charge in [0.1, 0.15) is 0 Å². The first-order chi connectivity index (χ1) is 5.58. The van der Waals surface area contributed by atoms with Gasteiger partial charge in [0.25, 0.3) is 0 Å². The van der Waals surface area contributed by atoms with Crippen molar-refractivity contribution in [3.8, 4) is 0 Å². The molecule has 0 aromatic carbocycles. The molecule has 0 aliphatic carbocycles. The Balaban J connectivity index is 2.17. The van der Waals surface area contributed by atoms with Gasteiger partial charge in [-0.05, 0) is 51.6 Å². The average Bonchev–Trinajstić information content (AvgIpc) is 2.02. The van der Waals surface area contributed by atoms with E-state index in [2.05, 4.69) is 5.32 Å². The number of nitrogens with one attached hydrogen (secondary N) is 1. The van der Waals surface area contributed by atoms with E-state index in [1.54, 1.807) is 0 Å². The zero-order chi connectivity index (χ0) is 9.03. The second kappa shape index (κ2) is 4.43. The van der Waals surface area contributed by atoms with Gasteiger partial charge >= 0.3 is 0 Å². The Hall–Kier alpha value is 0.190. The molecule has 1 heterocycles. The molecule has 0 aromatic heterocycles. The van der Waals surface area contributed by atoms with Crippen LogP contribution in [0.3, 0.4) is 0 Å². The second-order valence-corrected chi connectivity index (χ2v) is 7.87. The van der Waals surface area contributed by atoms with Gasteiger partial charge in [0, 0.05) is 6.16 Å². The van der Waals surface area contributed by atoms with E-state index in [1.165, 1.54) is 19.3 Å². The summed E-state index contributed by atoms with van der Waals surface area (Å²) in [4.78, 5) is 0. The molecule has 0 radical (unpaired) electrons. The maximum absolute atomic E-state index is 11.4. The summed E-state index contributed by atoms with van der Waals surface area (Å²) in [5.41, 5.74) is 0. The normalized spacial score (nSPS) is 21.2. The highest BCUT2D eigenvalue weighted by molar-refractivity contribution is 7.62. The molecular weight excluding hydrogens is 169 g/mol. The maximum Gasteiger partial charge on any atom is 0.0819 e. The molecule has 1 N–H and O–H groups in total. The molecule has 1 rings (SSSR count). The number of hydrogen-bond donors (Lipinski definition) is 1. The van der Waals surface area contributed by atoms with Crippen LogP contribution in [0.15, 0.2) is 0 Å². The lowest BCUT2D eigenvalue weighted by Gasteiger charge is -2.23. The van der Waals surface area contributed by atoms with Crippen LogP contribution in [0, 0.1) is 5.92 Å². The molecule has 0 aromatic rings. The molecule has 1 aliphatic heterocycles. The fourth-order valence-corrected chi connectivity index (χ4v) is 2.65. The van der Waals surface area contributed by atoms with Gasteiger partial charge in [-0.15, -0.1) is 0 Å². The molecule has 0 saturated carbocycles. The number of piperidine rings is 1. The average molecular weight is 189 g/mol. The second-order valence-electron chi connectivity index (χ2n) is 4.28. The Morgan fingerprint density at radius 2 is 1.92 bits per heavy atom. The van der Waals surface area contributed by atoms with Crippen LogP contribution >= 0.6 is 7.14 Å². The minimum atomic E-state index is -1.75. The van der Waals surface area contributed by atoms with E-state index < -0.39 is 7.14 Å². The van der Waals surface area contributed by atoms with Gasteiger partial charge in [0.05, 0.1) is 7.14 Å². The quantitative estimate of drug-likeness (QED) is 0.688. The minimum Gasteiger partial charge on any atom is -0.324 e. The molecule has 0 amide bonds. The third-order valence-electron chi connectivity index (χ3n) is 2.53. The van der Waals surface area contributed by atoms with Gasteiger partial charge in [-0.1, -0.05) is 0 Å². The van der Waals surface area contributed by atoms with Crippen LogP contribution in [0.1, 0.15) is 19.3 Å². The summed E-state index contributed by atoms with van der Waals surface area (Å²) in [5.74, 6) is 0.833. The van der Waals surface area contributed by atoms with Crippen molar-refractivity contribution in [2.75, 3.05) is 32.6 Å². The molecule has 72 valence electrons. The van der Waals surface area contributed by atoms with Crippen molar-refractivity contribution in [1.29, 1.82) is 0 Å². The first-order valence-corrected chi connectivity index (χ1v) is 7.61. The molecule has 1 fully saturated rings. The lowest BCUT2D eigenvalue weighted by Crippen LogP contribution is -2.28. The summed E-state index contributed by atoms with van der Waals surface area (Å²) in [5, 5.41) is 3.34. The van der Waals surface area contributed by atoms with E-state index in [1.807, 2.05) is 13.3 Å². The van der Waals surface area contributed by atoms with Crippen LogP contribution in [0.25, 0.3) is 0 Å². The summed E-state index contributed by atoms with van der Waals surface area (Å²) < 4.78 is 11.4. The van der Waals surface area contributed by atoms with Crippen molar-refractivity contribution in [2.45, 2.75) is 19.3 Å². The van der Waals surface area contributed by atoms with Gasteiger partial charge in [-0.2, -0.15) is 0 Å². The smallest absolute Gasteiger partial charge is 0.0819 e. The van der Waals surface area contributed by atoms with E-state index in [0.29, 0.717) is 0 Å². The number of hydrogen-bond acceptors (Lipinski definition) is 2. The lowest BCUT2D eigenvalue weighted by molar-refractivity contribution is 0.365.